The van der Waals surface area contributed by atoms with Crippen LogP contribution in [-0.2, 0) is 6.54 Å². The summed E-state index contributed by atoms with van der Waals surface area (Å²) in [5.74, 6) is 0. The van der Waals surface area contributed by atoms with Crippen LogP contribution in [0.3, 0.4) is 0 Å². The Morgan fingerprint density at radius 2 is 1.59 bits per heavy atom. The van der Waals surface area contributed by atoms with E-state index in [-0.39, 0.29) is 0 Å². The topological polar surface area (TPSA) is 12.0 Å². The lowest BCUT2D eigenvalue weighted by molar-refractivity contribution is 0.459. The van der Waals surface area contributed by atoms with Crippen molar-refractivity contribution in [3.05, 3.63) is 33.8 Å². The van der Waals surface area contributed by atoms with Crippen LogP contribution in [0.2, 0.25) is 10.0 Å². The number of rotatable bonds is 3. The van der Waals surface area contributed by atoms with Crippen molar-refractivity contribution in [2.45, 2.75) is 51.1 Å². The monoisotopic (exact) mass is 271 g/mol. The van der Waals surface area contributed by atoms with Gasteiger partial charge in [0.2, 0.25) is 0 Å². The largest absolute Gasteiger partial charge is 0.310 e. The Balaban J connectivity index is 1.92. The van der Waals surface area contributed by atoms with Crippen molar-refractivity contribution >= 4 is 23.2 Å². The first kappa shape index (κ1) is 13.2. The second kappa shape index (κ2) is 6.63. The standard InChI is InChI=1S/C14H19Cl2N/c15-13-8-5-9-14(16)12(13)10-17-11-6-3-1-2-4-7-11/h5,8-9,11,17H,1-4,6-7,10H2. The molecule has 1 nitrogen and oxygen atoms in total. The molecular weight excluding hydrogens is 253 g/mol. The summed E-state index contributed by atoms with van der Waals surface area (Å²) < 4.78 is 0. The fraction of sp³-hybridized carbons (Fsp3) is 0.571. The fourth-order valence-electron chi connectivity index (χ4n) is 2.43. The minimum absolute atomic E-state index is 0.629. The van der Waals surface area contributed by atoms with Crippen molar-refractivity contribution in [1.82, 2.24) is 5.32 Å². The van der Waals surface area contributed by atoms with Gasteiger partial charge in [0.15, 0.2) is 0 Å². The highest BCUT2D eigenvalue weighted by atomic mass is 35.5. The molecule has 0 aliphatic heterocycles. The van der Waals surface area contributed by atoms with Gasteiger partial charge in [0.05, 0.1) is 0 Å². The summed E-state index contributed by atoms with van der Waals surface area (Å²) in [4.78, 5) is 0. The molecule has 0 saturated heterocycles. The minimum Gasteiger partial charge on any atom is -0.310 e. The minimum atomic E-state index is 0.629. The van der Waals surface area contributed by atoms with E-state index in [4.69, 9.17) is 23.2 Å². The fourth-order valence-corrected chi connectivity index (χ4v) is 2.96. The van der Waals surface area contributed by atoms with Gasteiger partial charge in [0, 0.05) is 28.2 Å². The molecule has 0 amide bonds. The van der Waals surface area contributed by atoms with E-state index in [0.29, 0.717) is 6.04 Å². The van der Waals surface area contributed by atoms with E-state index in [9.17, 15) is 0 Å². The Kier molecular flexibility index (Phi) is 5.15. The average Bonchev–Trinajstić information content (AvgIpc) is 2.57. The molecule has 17 heavy (non-hydrogen) atoms. The van der Waals surface area contributed by atoms with Crippen molar-refractivity contribution in [3.8, 4) is 0 Å². The summed E-state index contributed by atoms with van der Waals surface area (Å²) in [5.41, 5.74) is 1.03. The van der Waals surface area contributed by atoms with Gasteiger partial charge in [-0.3, -0.25) is 0 Å². The average molecular weight is 272 g/mol. The van der Waals surface area contributed by atoms with Gasteiger partial charge in [-0.1, -0.05) is 55.0 Å². The molecule has 1 aliphatic rings. The van der Waals surface area contributed by atoms with Gasteiger partial charge in [-0.15, -0.1) is 0 Å². The van der Waals surface area contributed by atoms with Crippen molar-refractivity contribution in [1.29, 1.82) is 0 Å². The van der Waals surface area contributed by atoms with E-state index in [2.05, 4.69) is 5.32 Å². The summed E-state index contributed by atoms with van der Waals surface area (Å²) in [7, 11) is 0. The number of halogens is 2. The van der Waals surface area contributed by atoms with Crippen molar-refractivity contribution < 1.29 is 0 Å². The van der Waals surface area contributed by atoms with Gasteiger partial charge < -0.3 is 5.32 Å². The van der Waals surface area contributed by atoms with Crippen LogP contribution < -0.4 is 5.32 Å². The quantitative estimate of drug-likeness (QED) is 0.779. The smallest absolute Gasteiger partial charge is 0.0465 e. The number of benzene rings is 1. The Morgan fingerprint density at radius 3 is 2.18 bits per heavy atom. The predicted molar refractivity (Wildman–Crippen MR) is 74.8 cm³/mol. The number of hydrogen-bond acceptors (Lipinski definition) is 1. The molecule has 0 heterocycles. The Labute approximate surface area is 114 Å². The highest BCUT2D eigenvalue weighted by molar-refractivity contribution is 6.35. The van der Waals surface area contributed by atoms with E-state index in [0.717, 1.165) is 22.2 Å². The van der Waals surface area contributed by atoms with Gasteiger partial charge in [-0.05, 0) is 25.0 Å². The Hall–Kier alpha value is -0.240. The maximum atomic E-state index is 6.16. The molecule has 94 valence electrons. The zero-order valence-corrected chi connectivity index (χ0v) is 11.5. The van der Waals surface area contributed by atoms with Crippen LogP contribution in [0.25, 0.3) is 0 Å². The third-order valence-corrected chi connectivity index (χ3v) is 4.19. The number of nitrogens with one attached hydrogen (secondary N) is 1. The summed E-state index contributed by atoms with van der Waals surface area (Å²) >= 11 is 12.3. The lowest BCUT2D eigenvalue weighted by Gasteiger charge is -2.17. The third-order valence-electron chi connectivity index (χ3n) is 3.48. The Morgan fingerprint density at radius 1 is 1.00 bits per heavy atom. The highest BCUT2D eigenvalue weighted by Crippen LogP contribution is 2.25. The van der Waals surface area contributed by atoms with Crippen LogP contribution in [0.4, 0.5) is 0 Å². The molecule has 3 heteroatoms. The molecule has 0 aromatic heterocycles. The molecule has 0 bridgehead atoms. The molecule has 1 fully saturated rings. The molecule has 1 aromatic rings. The molecular formula is C14H19Cl2N. The van der Waals surface area contributed by atoms with Crippen LogP contribution in [0.5, 0.6) is 0 Å². The van der Waals surface area contributed by atoms with Gasteiger partial charge in [0.1, 0.15) is 0 Å². The molecule has 1 N–H and O–H groups in total. The normalized spacial score (nSPS) is 18.0. The summed E-state index contributed by atoms with van der Waals surface area (Å²) in [5, 5.41) is 5.12. The molecule has 0 radical (unpaired) electrons. The summed E-state index contributed by atoms with van der Waals surface area (Å²) in [6.45, 7) is 0.781. The zero-order valence-electron chi connectivity index (χ0n) is 10.0. The first-order valence-corrected chi connectivity index (χ1v) is 7.19. The maximum absolute atomic E-state index is 6.16. The molecule has 0 atom stereocenters. The van der Waals surface area contributed by atoms with E-state index in [1.165, 1.54) is 38.5 Å². The van der Waals surface area contributed by atoms with E-state index in [1.807, 2.05) is 18.2 Å². The van der Waals surface area contributed by atoms with Crippen LogP contribution in [0.15, 0.2) is 18.2 Å². The molecule has 1 aromatic carbocycles. The predicted octanol–water partition coefficient (Wildman–Crippen LogP) is 4.81. The van der Waals surface area contributed by atoms with Crippen LogP contribution >= 0.6 is 23.2 Å². The maximum Gasteiger partial charge on any atom is 0.0465 e. The van der Waals surface area contributed by atoms with Gasteiger partial charge >= 0.3 is 0 Å². The van der Waals surface area contributed by atoms with Gasteiger partial charge in [-0.25, -0.2) is 0 Å². The van der Waals surface area contributed by atoms with Crippen molar-refractivity contribution in [2.24, 2.45) is 0 Å². The zero-order chi connectivity index (χ0) is 12.1. The highest BCUT2D eigenvalue weighted by Gasteiger charge is 2.13. The SMILES string of the molecule is Clc1cccc(Cl)c1CNC1CCCCCC1. The van der Waals surface area contributed by atoms with E-state index < -0.39 is 0 Å². The molecule has 1 saturated carbocycles. The lowest BCUT2D eigenvalue weighted by atomic mass is 10.1. The number of hydrogen-bond donors (Lipinski definition) is 1. The summed E-state index contributed by atoms with van der Waals surface area (Å²) in [6, 6.07) is 6.32. The van der Waals surface area contributed by atoms with Crippen LogP contribution in [0, 0.1) is 0 Å². The van der Waals surface area contributed by atoms with E-state index in [1.54, 1.807) is 0 Å². The lowest BCUT2D eigenvalue weighted by Crippen LogP contribution is -2.28. The second-order valence-electron chi connectivity index (χ2n) is 4.77. The Bertz CT molecular complexity index is 337. The molecule has 0 unspecified atom stereocenters. The van der Waals surface area contributed by atoms with Crippen molar-refractivity contribution in [3.63, 3.8) is 0 Å². The van der Waals surface area contributed by atoms with Crippen molar-refractivity contribution in [2.75, 3.05) is 0 Å². The van der Waals surface area contributed by atoms with Gasteiger partial charge in [0.25, 0.3) is 0 Å². The molecule has 2 rings (SSSR count). The van der Waals surface area contributed by atoms with Gasteiger partial charge in [-0.2, -0.15) is 0 Å². The molecule has 0 spiro atoms. The first-order valence-electron chi connectivity index (χ1n) is 6.43. The van der Waals surface area contributed by atoms with Crippen LogP contribution in [0.1, 0.15) is 44.1 Å². The molecule has 1 aliphatic carbocycles. The second-order valence-corrected chi connectivity index (χ2v) is 5.58. The van der Waals surface area contributed by atoms with Crippen LogP contribution in [-0.4, -0.2) is 6.04 Å². The third kappa shape index (κ3) is 3.87. The van der Waals surface area contributed by atoms with E-state index >= 15 is 0 Å². The first-order chi connectivity index (χ1) is 8.27. The summed E-state index contributed by atoms with van der Waals surface area (Å²) in [6.07, 6.45) is 8.00.